The van der Waals surface area contributed by atoms with Crippen LogP contribution in [0.5, 0.6) is 0 Å². The summed E-state index contributed by atoms with van der Waals surface area (Å²) in [5.74, 6) is -0.647. The minimum absolute atomic E-state index is 0.142. The molecule has 0 saturated carbocycles. The van der Waals surface area contributed by atoms with Crippen LogP contribution in [0.4, 0.5) is 0 Å². The van der Waals surface area contributed by atoms with E-state index in [1.165, 1.54) is 7.11 Å². The number of ether oxygens (including phenoxy) is 1. The van der Waals surface area contributed by atoms with E-state index in [0.717, 1.165) is 27.4 Å². The minimum Gasteiger partial charge on any atom is -0.464 e. The second-order valence-electron chi connectivity index (χ2n) is 6.31. The Bertz CT molecular complexity index is 1000. The van der Waals surface area contributed by atoms with Crippen LogP contribution in [-0.4, -0.2) is 27.7 Å². The molecule has 0 amide bonds. The normalized spacial score (nSPS) is 19.6. The standard InChI is InChI=1S/C19H18N2O3/c1-10(2)13-9-21-15-7-5-4-6-11(15)12-8-14(19(23)24-3)20-16(17(12)21)18(13)22/h4-8,13,18,22H,1,9H2,2-3H3/t13-,18+/m1/s1. The number of rotatable bonds is 2. The maximum Gasteiger partial charge on any atom is 0.356 e. The van der Waals surface area contributed by atoms with Crippen LogP contribution in [0.25, 0.3) is 21.8 Å². The largest absolute Gasteiger partial charge is 0.464 e. The fraction of sp³-hybridized carbons (Fsp3) is 0.263. The molecular formula is C19H18N2O3. The van der Waals surface area contributed by atoms with Gasteiger partial charge < -0.3 is 14.4 Å². The van der Waals surface area contributed by atoms with Crippen LogP contribution in [0.2, 0.25) is 0 Å². The molecule has 5 heteroatoms. The Balaban J connectivity index is 2.13. The van der Waals surface area contributed by atoms with Gasteiger partial charge in [0, 0.05) is 28.8 Å². The van der Waals surface area contributed by atoms with Crippen molar-refractivity contribution in [3.8, 4) is 0 Å². The van der Waals surface area contributed by atoms with E-state index >= 15 is 0 Å². The van der Waals surface area contributed by atoms with Gasteiger partial charge in [0.05, 0.1) is 18.3 Å². The molecule has 3 heterocycles. The van der Waals surface area contributed by atoms with E-state index in [1.807, 2.05) is 31.2 Å². The van der Waals surface area contributed by atoms with Crippen LogP contribution in [0.1, 0.15) is 29.2 Å². The van der Waals surface area contributed by atoms with Crippen LogP contribution >= 0.6 is 0 Å². The first kappa shape index (κ1) is 14.9. The van der Waals surface area contributed by atoms with E-state index in [9.17, 15) is 9.90 Å². The van der Waals surface area contributed by atoms with Crippen LogP contribution in [0.3, 0.4) is 0 Å². The molecule has 4 rings (SSSR count). The highest BCUT2D eigenvalue weighted by atomic mass is 16.5. The third-order valence-corrected chi connectivity index (χ3v) is 4.84. The summed E-state index contributed by atoms with van der Waals surface area (Å²) in [5.41, 5.74) is 3.57. The van der Waals surface area contributed by atoms with Gasteiger partial charge in [-0.25, -0.2) is 9.78 Å². The molecular weight excluding hydrogens is 304 g/mol. The molecule has 1 N–H and O–H groups in total. The quantitative estimate of drug-likeness (QED) is 0.581. The molecule has 5 nitrogen and oxygen atoms in total. The number of fused-ring (bicyclic) bond motifs is 3. The summed E-state index contributed by atoms with van der Waals surface area (Å²) in [6.07, 6.45) is -0.786. The van der Waals surface area contributed by atoms with Crippen LogP contribution in [0.15, 0.2) is 42.5 Å². The Kier molecular flexibility index (Phi) is 3.21. The van der Waals surface area contributed by atoms with Gasteiger partial charge in [-0.2, -0.15) is 0 Å². The van der Waals surface area contributed by atoms with Crippen molar-refractivity contribution in [1.29, 1.82) is 0 Å². The zero-order valence-corrected chi connectivity index (χ0v) is 13.6. The fourth-order valence-corrected chi connectivity index (χ4v) is 3.62. The molecule has 3 aromatic rings. The Hall–Kier alpha value is -2.66. The maximum atomic E-state index is 12.0. The predicted molar refractivity (Wildman–Crippen MR) is 91.8 cm³/mol. The molecule has 1 aliphatic rings. The lowest BCUT2D eigenvalue weighted by molar-refractivity contribution is 0.0591. The number of methoxy groups -OCH3 is 1. The smallest absolute Gasteiger partial charge is 0.356 e. The van der Waals surface area contributed by atoms with Crippen molar-refractivity contribution in [3.05, 3.63) is 53.9 Å². The van der Waals surface area contributed by atoms with Gasteiger partial charge >= 0.3 is 5.97 Å². The molecule has 0 bridgehead atoms. The highest BCUT2D eigenvalue weighted by Crippen LogP contribution is 2.41. The molecule has 24 heavy (non-hydrogen) atoms. The van der Waals surface area contributed by atoms with Crippen molar-refractivity contribution in [1.82, 2.24) is 9.55 Å². The van der Waals surface area contributed by atoms with Gasteiger partial charge in [-0.3, -0.25) is 0 Å². The second-order valence-corrected chi connectivity index (χ2v) is 6.31. The predicted octanol–water partition coefficient (Wildman–Crippen LogP) is 3.22. The molecule has 2 aromatic heterocycles. The number of para-hydroxylation sites is 1. The van der Waals surface area contributed by atoms with E-state index in [2.05, 4.69) is 16.1 Å². The number of carbonyl (C=O) groups excluding carboxylic acids is 1. The van der Waals surface area contributed by atoms with Crippen LogP contribution in [0, 0.1) is 5.92 Å². The first-order valence-corrected chi connectivity index (χ1v) is 7.86. The van der Waals surface area contributed by atoms with E-state index < -0.39 is 12.1 Å². The molecule has 0 spiro atoms. The molecule has 0 radical (unpaired) electrons. The minimum atomic E-state index is -0.786. The number of aliphatic hydroxyl groups is 1. The summed E-state index contributed by atoms with van der Waals surface area (Å²) in [6.45, 7) is 6.57. The number of hydrogen-bond acceptors (Lipinski definition) is 4. The summed E-state index contributed by atoms with van der Waals surface area (Å²) < 4.78 is 6.99. The van der Waals surface area contributed by atoms with Crippen molar-refractivity contribution < 1.29 is 14.6 Å². The number of benzene rings is 1. The molecule has 2 atom stereocenters. The van der Waals surface area contributed by atoms with Gasteiger partial charge in [0.15, 0.2) is 0 Å². The monoisotopic (exact) mass is 322 g/mol. The fourth-order valence-electron chi connectivity index (χ4n) is 3.62. The second kappa shape index (κ2) is 5.18. The van der Waals surface area contributed by atoms with Crippen molar-refractivity contribution in [2.24, 2.45) is 5.92 Å². The molecule has 1 aliphatic heterocycles. The maximum absolute atomic E-state index is 12.0. The molecule has 0 saturated heterocycles. The Morgan fingerprint density at radius 3 is 2.83 bits per heavy atom. The summed E-state index contributed by atoms with van der Waals surface area (Å²) in [4.78, 5) is 16.4. The summed E-state index contributed by atoms with van der Waals surface area (Å²) >= 11 is 0. The van der Waals surface area contributed by atoms with Crippen LogP contribution in [-0.2, 0) is 11.3 Å². The molecule has 0 fully saturated rings. The zero-order chi connectivity index (χ0) is 17.0. The molecule has 122 valence electrons. The van der Waals surface area contributed by atoms with Crippen molar-refractivity contribution in [2.75, 3.05) is 7.11 Å². The zero-order valence-electron chi connectivity index (χ0n) is 13.6. The first-order chi connectivity index (χ1) is 11.5. The van der Waals surface area contributed by atoms with Crippen molar-refractivity contribution in [3.63, 3.8) is 0 Å². The molecule has 0 unspecified atom stereocenters. The van der Waals surface area contributed by atoms with Gasteiger partial charge in [0.2, 0.25) is 0 Å². The number of aliphatic hydroxyl groups excluding tert-OH is 1. The molecule has 0 aliphatic carbocycles. The summed E-state index contributed by atoms with van der Waals surface area (Å²) in [5, 5.41) is 12.8. The number of pyridine rings is 1. The number of esters is 1. The lowest BCUT2D eigenvalue weighted by atomic mass is 9.89. The third-order valence-electron chi connectivity index (χ3n) is 4.84. The average Bonchev–Trinajstić information content (AvgIpc) is 2.91. The highest BCUT2D eigenvalue weighted by Gasteiger charge is 2.33. The van der Waals surface area contributed by atoms with Crippen molar-refractivity contribution >= 4 is 27.8 Å². The third kappa shape index (κ3) is 1.91. The number of nitrogens with zero attached hydrogens (tertiary/aromatic N) is 2. The number of carbonyl (C=O) groups is 1. The van der Waals surface area contributed by atoms with Gasteiger partial charge in [-0.15, -0.1) is 0 Å². The Morgan fingerprint density at radius 2 is 2.12 bits per heavy atom. The highest BCUT2D eigenvalue weighted by molar-refractivity contribution is 6.10. The SMILES string of the molecule is C=C(C)[C@H]1Cn2c3ccccc3c3cc(C(=O)OC)nc(c32)[C@H]1O. The van der Waals surface area contributed by atoms with Gasteiger partial charge in [0.25, 0.3) is 0 Å². The average molecular weight is 322 g/mol. The Labute approximate surface area is 139 Å². The topological polar surface area (TPSA) is 64.4 Å². The van der Waals surface area contributed by atoms with Crippen molar-refractivity contribution in [2.45, 2.75) is 19.6 Å². The van der Waals surface area contributed by atoms with E-state index in [4.69, 9.17) is 4.74 Å². The van der Waals surface area contributed by atoms with Gasteiger partial charge in [-0.05, 0) is 19.1 Å². The van der Waals surface area contributed by atoms with Gasteiger partial charge in [0.1, 0.15) is 11.8 Å². The van der Waals surface area contributed by atoms with E-state index in [-0.39, 0.29) is 11.6 Å². The number of hydrogen-bond donors (Lipinski definition) is 1. The Morgan fingerprint density at radius 1 is 1.38 bits per heavy atom. The number of aromatic nitrogens is 2. The lowest BCUT2D eigenvalue weighted by Crippen LogP contribution is -2.26. The summed E-state index contributed by atoms with van der Waals surface area (Å²) in [7, 11) is 1.33. The first-order valence-electron chi connectivity index (χ1n) is 7.86. The van der Waals surface area contributed by atoms with E-state index in [1.54, 1.807) is 6.07 Å². The lowest BCUT2D eigenvalue weighted by Gasteiger charge is -2.30. The van der Waals surface area contributed by atoms with Crippen LogP contribution < -0.4 is 0 Å². The van der Waals surface area contributed by atoms with E-state index in [0.29, 0.717) is 12.2 Å². The van der Waals surface area contributed by atoms with Gasteiger partial charge in [-0.1, -0.05) is 30.4 Å². The molecule has 1 aromatic carbocycles. The summed E-state index contributed by atoms with van der Waals surface area (Å²) in [6, 6.07) is 9.77.